The summed E-state index contributed by atoms with van der Waals surface area (Å²) in [6.45, 7) is 5.79. The Morgan fingerprint density at radius 3 is 1.86 bits per heavy atom. The predicted octanol–water partition coefficient (Wildman–Crippen LogP) is 5.39. The van der Waals surface area contributed by atoms with Crippen LogP contribution in [-0.2, 0) is 44.7 Å². The molecule has 0 saturated carbocycles. The van der Waals surface area contributed by atoms with E-state index in [-0.39, 0.29) is 93.7 Å². The van der Waals surface area contributed by atoms with Gasteiger partial charge in [-0.15, -0.1) is 0 Å². The van der Waals surface area contributed by atoms with Crippen LogP contribution in [0.25, 0.3) is 0 Å². The monoisotopic (exact) mass is 887 g/mol. The number of carbonyl (C=O) groups is 7. The molecule has 15 heteroatoms. The van der Waals surface area contributed by atoms with Crippen molar-refractivity contribution in [3.8, 4) is 5.75 Å². The third-order valence-electron chi connectivity index (χ3n) is 11.2. The standard InChI is InChI=1S/C48H82N6O9/c1-3-4-5-6-7-8-9-10-11-16-30-63-31-27-46(60)52-35-40(56)24-26-47(61)53-42(33-37-19-22-39(55)23-20-37)44(58)34-38(21-25-45(51)59)48(62)54-41(18-13-15-29-50)43(57)32-36(2)17-12-14-28-49/h19-20,22-23,36,38,41-42,55H,3-18,21,24-35,49-50H2,1-2H3,(H2,51,59)(H,52,60)(H,53,61)(H,54,62)/t36-,38-,41+,42+/m1/s1. The van der Waals surface area contributed by atoms with Gasteiger partial charge in [0, 0.05) is 51.0 Å². The molecule has 4 amide bonds. The number of ketones is 3. The fourth-order valence-electron chi connectivity index (χ4n) is 7.31. The first kappa shape index (κ1) is 56.8. The number of Topliss-reactive ketones (excluding diaryl/α,β-unsaturated/α-hetero) is 3. The van der Waals surface area contributed by atoms with E-state index in [1.165, 1.54) is 63.5 Å². The van der Waals surface area contributed by atoms with Crippen LogP contribution < -0.4 is 33.2 Å². The lowest BCUT2D eigenvalue weighted by Crippen LogP contribution is -2.47. The van der Waals surface area contributed by atoms with Crippen molar-refractivity contribution >= 4 is 41.0 Å². The summed E-state index contributed by atoms with van der Waals surface area (Å²) in [6, 6.07) is 4.15. The Morgan fingerprint density at radius 2 is 1.24 bits per heavy atom. The van der Waals surface area contributed by atoms with Crippen molar-refractivity contribution in [3.05, 3.63) is 29.8 Å². The molecule has 4 atom stereocenters. The van der Waals surface area contributed by atoms with Crippen molar-refractivity contribution in [1.29, 1.82) is 0 Å². The van der Waals surface area contributed by atoms with Gasteiger partial charge < -0.3 is 43.0 Å². The molecule has 0 bridgehead atoms. The maximum atomic E-state index is 14.0. The second kappa shape index (κ2) is 36.2. The van der Waals surface area contributed by atoms with Gasteiger partial charge in [0.05, 0.1) is 25.2 Å². The van der Waals surface area contributed by atoms with E-state index in [4.69, 9.17) is 21.9 Å². The topological polar surface area (TPSA) is 263 Å². The number of rotatable bonds is 41. The number of phenols is 1. The largest absolute Gasteiger partial charge is 0.508 e. The molecule has 0 saturated heterocycles. The van der Waals surface area contributed by atoms with Crippen LogP contribution in [0.2, 0.25) is 0 Å². The van der Waals surface area contributed by atoms with E-state index in [0.717, 1.165) is 32.1 Å². The van der Waals surface area contributed by atoms with Gasteiger partial charge in [0.1, 0.15) is 5.75 Å². The van der Waals surface area contributed by atoms with E-state index in [9.17, 15) is 38.7 Å². The maximum absolute atomic E-state index is 14.0. The second-order valence-corrected chi connectivity index (χ2v) is 17.1. The summed E-state index contributed by atoms with van der Waals surface area (Å²) < 4.78 is 5.60. The van der Waals surface area contributed by atoms with Gasteiger partial charge in [-0.3, -0.25) is 33.6 Å². The lowest BCUT2D eigenvalue weighted by Gasteiger charge is -2.25. The van der Waals surface area contributed by atoms with Crippen LogP contribution in [-0.4, -0.2) is 91.0 Å². The highest BCUT2D eigenvalue weighted by atomic mass is 16.5. The minimum absolute atomic E-state index is 0.0110. The molecule has 0 fully saturated rings. The molecule has 15 nitrogen and oxygen atoms in total. The summed E-state index contributed by atoms with van der Waals surface area (Å²) >= 11 is 0. The predicted molar refractivity (Wildman–Crippen MR) is 246 cm³/mol. The normalized spacial score (nSPS) is 13.1. The van der Waals surface area contributed by atoms with E-state index in [0.29, 0.717) is 44.5 Å². The summed E-state index contributed by atoms with van der Waals surface area (Å²) in [4.78, 5) is 91.3. The smallest absolute Gasteiger partial charge is 0.224 e. The van der Waals surface area contributed by atoms with Crippen molar-refractivity contribution in [3.63, 3.8) is 0 Å². The molecule has 0 aliphatic rings. The van der Waals surface area contributed by atoms with Crippen molar-refractivity contribution < 1.29 is 43.4 Å². The summed E-state index contributed by atoms with van der Waals surface area (Å²) in [6.07, 6.45) is 15.8. The van der Waals surface area contributed by atoms with Gasteiger partial charge in [0.25, 0.3) is 0 Å². The highest BCUT2D eigenvalue weighted by Crippen LogP contribution is 2.20. The van der Waals surface area contributed by atoms with Crippen molar-refractivity contribution in [2.24, 2.45) is 29.0 Å². The Balaban J connectivity index is 2.80. The first-order valence-corrected chi connectivity index (χ1v) is 23.8. The molecule has 0 spiro atoms. The number of benzene rings is 1. The molecule has 10 N–H and O–H groups in total. The number of nitrogens with two attached hydrogens (primary N) is 3. The minimum atomic E-state index is -1.13. The quantitative estimate of drug-likeness (QED) is 0.0410. The van der Waals surface area contributed by atoms with Crippen LogP contribution in [0.4, 0.5) is 0 Å². The van der Waals surface area contributed by atoms with Gasteiger partial charge in [-0.2, -0.15) is 0 Å². The van der Waals surface area contributed by atoms with Gasteiger partial charge in [-0.25, -0.2) is 0 Å². The fraction of sp³-hybridized carbons (Fsp3) is 0.729. The number of unbranched alkanes of at least 4 members (excludes halogenated alkanes) is 11. The van der Waals surface area contributed by atoms with Crippen LogP contribution in [0.1, 0.15) is 167 Å². The fourth-order valence-corrected chi connectivity index (χ4v) is 7.31. The molecule has 63 heavy (non-hydrogen) atoms. The van der Waals surface area contributed by atoms with Crippen LogP contribution in [0.5, 0.6) is 5.75 Å². The SMILES string of the molecule is CCCCCCCCCCCCOCCC(=O)NCC(=O)CCC(=O)N[C@@H](Cc1ccc(O)cc1)C(=O)C[C@@H](CCC(N)=O)C(=O)N[C@@H](CCCCN)C(=O)C[C@H](C)CCCCN. The Hall–Kier alpha value is -4.21. The number of aromatic hydroxyl groups is 1. The molecule has 0 aliphatic heterocycles. The number of ether oxygens (including phenoxy) is 1. The molecule has 0 radical (unpaired) electrons. The number of primary amides is 1. The third kappa shape index (κ3) is 29.7. The molecule has 0 aromatic heterocycles. The third-order valence-corrected chi connectivity index (χ3v) is 11.2. The average Bonchev–Trinajstić information content (AvgIpc) is 3.25. The molecule has 1 aromatic rings. The van der Waals surface area contributed by atoms with Gasteiger partial charge in [0.15, 0.2) is 17.3 Å². The van der Waals surface area contributed by atoms with E-state index in [2.05, 4.69) is 22.9 Å². The van der Waals surface area contributed by atoms with Crippen molar-refractivity contribution in [1.82, 2.24) is 16.0 Å². The van der Waals surface area contributed by atoms with Gasteiger partial charge >= 0.3 is 0 Å². The summed E-state index contributed by atoms with van der Waals surface area (Å²) in [5.74, 6) is -4.10. The number of phenolic OH excluding ortho intramolecular Hbond substituents is 1. The van der Waals surface area contributed by atoms with E-state index >= 15 is 0 Å². The molecule has 0 aliphatic carbocycles. The summed E-state index contributed by atoms with van der Waals surface area (Å²) in [5.41, 5.74) is 17.4. The number of hydrogen-bond donors (Lipinski definition) is 7. The van der Waals surface area contributed by atoms with Gasteiger partial charge in [-0.1, -0.05) is 96.6 Å². The molecule has 358 valence electrons. The molecule has 0 unspecified atom stereocenters. The lowest BCUT2D eigenvalue weighted by molar-refractivity contribution is -0.134. The first-order valence-electron chi connectivity index (χ1n) is 23.8. The van der Waals surface area contributed by atoms with Crippen LogP contribution in [0.3, 0.4) is 0 Å². The van der Waals surface area contributed by atoms with Crippen molar-refractivity contribution in [2.75, 3.05) is 32.8 Å². The number of carbonyl (C=O) groups excluding carboxylic acids is 7. The number of hydrogen-bond acceptors (Lipinski definition) is 11. The first-order chi connectivity index (χ1) is 30.3. The second-order valence-electron chi connectivity index (χ2n) is 17.1. The summed E-state index contributed by atoms with van der Waals surface area (Å²) in [7, 11) is 0. The Morgan fingerprint density at radius 1 is 0.635 bits per heavy atom. The molecular weight excluding hydrogens is 805 g/mol. The maximum Gasteiger partial charge on any atom is 0.224 e. The number of nitrogens with one attached hydrogen (secondary N) is 3. The summed E-state index contributed by atoms with van der Waals surface area (Å²) in [5, 5.41) is 18.0. The molecule has 0 heterocycles. The van der Waals surface area contributed by atoms with E-state index < -0.39 is 41.5 Å². The van der Waals surface area contributed by atoms with E-state index in [1.54, 1.807) is 12.1 Å². The highest BCUT2D eigenvalue weighted by Gasteiger charge is 2.31. The zero-order valence-corrected chi connectivity index (χ0v) is 38.6. The molecular formula is C48H82N6O9. The van der Waals surface area contributed by atoms with Crippen LogP contribution >= 0.6 is 0 Å². The van der Waals surface area contributed by atoms with Crippen LogP contribution in [0.15, 0.2) is 24.3 Å². The minimum Gasteiger partial charge on any atom is -0.508 e. The van der Waals surface area contributed by atoms with Crippen molar-refractivity contribution in [2.45, 2.75) is 180 Å². The van der Waals surface area contributed by atoms with Gasteiger partial charge in [0.2, 0.25) is 23.6 Å². The van der Waals surface area contributed by atoms with E-state index in [1.807, 2.05) is 6.92 Å². The molecule has 1 aromatic carbocycles. The Kier molecular flexibility index (Phi) is 32.6. The highest BCUT2D eigenvalue weighted by molar-refractivity contribution is 5.95. The molecule has 1 rings (SSSR count). The average molecular weight is 887 g/mol. The zero-order chi connectivity index (χ0) is 46.7. The van der Waals surface area contributed by atoms with Crippen LogP contribution in [0, 0.1) is 11.8 Å². The zero-order valence-electron chi connectivity index (χ0n) is 38.6. The Labute approximate surface area is 376 Å². The number of amides is 4. The Bertz CT molecular complexity index is 1470. The lowest BCUT2D eigenvalue weighted by atomic mass is 9.89. The van der Waals surface area contributed by atoms with Gasteiger partial charge in [-0.05, 0) is 81.6 Å².